The predicted octanol–water partition coefficient (Wildman–Crippen LogP) is 2.23. The number of halogens is 1. The van der Waals surface area contributed by atoms with E-state index in [2.05, 4.69) is 0 Å². The largest absolute Gasteiger partial charge is 0.515 e. The molecule has 0 aliphatic carbocycles. The molecule has 1 aromatic carbocycles. The van der Waals surface area contributed by atoms with Crippen molar-refractivity contribution >= 4 is 5.78 Å². The second kappa shape index (κ2) is 3.38. The van der Waals surface area contributed by atoms with Gasteiger partial charge in [-0.2, -0.15) is 0 Å². The molecular weight excluding hydrogens is 199 g/mol. The Kier molecular flexibility index (Phi) is 2.19. The molecule has 3 nitrogen and oxygen atoms in total. The van der Waals surface area contributed by atoms with E-state index in [0.29, 0.717) is 12.0 Å². The van der Waals surface area contributed by atoms with Crippen molar-refractivity contribution in [2.75, 3.05) is 0 Å². The molecule has 78 valence electrons. The summed E-state index contributed by atoms with van der Waals surface area (Å²) in [5.41, 5.74) is 0.279. The fourth-order valence-electron chi connectivity index (χ4n) is 1.54. The molecule has 0 saturated heterocycles. The van der Waals surface area contributed by atoms with Crippen LogP contribution in [0.5, 0.6) is 5.75 Å². The lowest BCUT2D eigenvalue weighted by atomic mass is 9.97. The van der Waals surface area contributed by atoms with Crippen LogP contribution in [0.3, 0.4) is 0 Å². The molecule has 1 unspecified atom stereocenters. The van der Waals surface area contributed by atoms with Crippen molar-refractivity contribution in [3.05, 3.63) is 41.4 Å². The second-order valence-corrected chi connectivity index (χ2v) is 3.31. The Labute approximate surface area is 85.8 Å². The van der Waals surface area contributed by atoms with E-state index in [1.807, 2.05) is 0 Å². The van der Waals surface area contributed by atoms with Crippen molar-refractivity contribution in [2.24, 2.45) is 0 Å². The van der Waals surface area contributed by atoms with Gasteiger partial charge in [0.1, 0.15) is 17.7 Å². The minimum Gasteiger partial charge on any atom is -0.515 e. The molecule has 0 bridgehead atoms. The van der Waals surface area contributed by atoms with Gasteiger partial charge in [-0.3, -0.25) is 4.79 Å². The first-order valence-corrected chi connectivity index (χ1v) is 4.48. The van der Waals surface area contributed by atoms with Crippen LogP contribution >= 0.6 is 0 Å². The van der Waals surface area contributed by atoms with Crippen LogP contribution in [0.15, 0.2) is 30.0 Å². The average Bonchev–Trinajstić information content (AvgIpc) is 2.20. The number of aliphatic hydroxyl groups is 1. The van der Waals surface area contributed by atoms with Gasteiger partial charge < -0.3 is 9.84 Å². The highest BCUT2D eigenvalue weighted by molar-refractivity contribution is 6.11. The van der Waals surface area contributed by atoms with Gasteiger partial charge in [-0.05, 0) is 25.1 Å². The number of carbonyl (C=O) groups excluding carboxylic acids is 1. The average molecular weight is 208 g/mol. The summed E-state index contributed by atoms with van der Waals surface area (Å²) in [5.74, 6) is -0.553. The Bertz CT molecular complexity index is 451. The SMILES string of the molecule is CC1Oc2ccc(F)cc2C(=O)/C1=C/O. The van der Waals surface area contributed by atoms with Crippen LogP contribution < -0.4 is 4.74 Å². The monoisotopic (exact) mass is 208 g/mol. The molecule has 15 heavy (non-hydrogen) atoms. The van der Waals surface area contributed by atoms with Crippen LogP contribution in [0.1, 0.15) is 17.3 Å². The first-order chi connectivity index (χ1) is 7.13. The molecule has 0 aromatic heterocycles. The number of fused-ring (bicyclic) bond motifs is 1. The lowest BCUT2D eigenvalue weighted by Gasteiger charge is -2.23. The third-order valence-electron chi connectivity index (χ3n) is 2.33. The molecule has 1 aliphatic rings. The highest BCUT2D eigenvalue weighted by Crippen LogP contribution is 2.30. The Morgan fingerprint density at radius 1 is 1.53 bits per heavy atom. The highest BCUT2D eigenvalue weighted by atomic mass is 19.1. The van der Waals surface area contributed by atoms with Crippen molar-refractivity contribution in [1.82, 2.24) is 0 Å². The minimum absolute atomic E-state index is 0.133. The van der Waals surface area contributed by atoms with Crippen LogP contribution in [0.2, 0.25) is 0 Å². The number of Topliss-reactive ketones (excluding diaryl/α,β-unsaturated/α-hetero) is 1. The van der Waals surface area contributed by atoms with E-state index in [-0.39, 0.29) is 11.1 Å². The van der Waals surface area contributed by atoms with Crippen LogP contribution in [-0.2, 0) is 0 Å². The number of hydrogen-bond acceptors (Lipinski definition) is 3. The van der Waals surface area contributed by atoms with E-state index in [1.54, 1.807) is 6.92 Å². The molecule has 1 atom stereocenters. The van der Waals surface area contributed by atoms with Crippen LogP contribution in [-0.4, -0.2) is 17.0 Å². The Morgan fingerprint density at radius 3 is 2.93 bits per heavy atom. The maximum atomic E-state index is 12.9. The van der Waals surface area contributed by atoms with Gasteiger partial charge in [-0.25, -0.2) is 4.39 Å². The molecule has 0 spiro atoms. The van der Waals surface area contributed by atoms with E-state index >= 15 is 0 Å². The smallest absolute Gasteiger partial charge is 0.199 e. The van der Waals surface area contributed by atoms with E-state index in [9.17, 15) is 9.18 Å². The number of aliphatic hydroxyl groups excluding tert-OH is 1. The number of hydrogen-bond donors (Lipinski definition) is 1. The summed E-state index contributed by atoms with van der Waals surface area (Å²) >= 11 is 0. The lowest BCUT2D eigenvalue weighted by Crippen LogP contribution is -2.27. The molecule has 1 aliphatic heterocycles. The third-order valence-corrected chi connectivity index (χ3v) is 2.33. The fraction of sp³-hybridized carbons (Fsp3) is 0.182. The van der Waals surface area contributed by atoms with E-state index in [0.717, 1.165) is 6.07 Å². The van der Waals surface area contributed by atoms with Crippen molar-refractivity contribution in [2.45, 2.75) is 13.0 Å². The van der Waals surface area contributed by atoms with Crippen molar-refractivity contribution in [3.8, 4) is 5.75 Å². The molecular formula is C11H9FO3. The normalized spacial score (nSPS) is 22.4. The second-order valence-electron chi connectivity index (χ2n) is 3.31. The molecule has 0 fully saturated rings. The zero-order valence-corrected chi connectivity index (χ0v) is 8.03. The summed E-state index contributed by atoms with van der Waals surface area (Å²) in [6, 6.07) is 3.74. The Balaban J connectivity index is 2.56. The van der Waals surface area contributed by atoms with E-state index < -0.39 is 17.7 Å². The maximum absolute atomic E-state index is 12.9. The third kappa shape index (κ3) is 1.48. The fourth-order valence-corrected chi connectivity index (χ4v) is 1.54. The number of ketones is 1. The van der Waals surface area contributed by atoms with Crippen molar-refractivity contribution in [3.63, 3.8) is 0 Å². The van der Waals surface area contributed by atoms with Gasteiger partial charge in [-0.1, -0.05) is 0 Å². The Morgan fingerprint density at radius 2 is 2.27 bits per heavy atom. The Hall–Kier alpha value is -1.84. The number of rotatable bonds is 0. The summed E-state index contributed by atoms with van der Waals surface area (Å²) in [5, 5.41) is 8.87. The molecule has 0 amide bonds. The topological polar surface area (TPSA) is 46.5 Å². The molecule has 1 heterocycles. The zero-order chi connectivity index (χ0) is 11.0. The van der Waals surface area contributed by atoms with Gasteiger partial charge in [0.05, 0.1) is 17.4 Å². The summed E-state index contributed by atoms with van der Waals surface area (Å²) in [6.07, 6.45) is 0.196. The van der Waals surface area contributed by atoms with Crippen molar-refractivity contribution in [1.29, 1.82) is 0 Å². The van der Waals surface area contributed by atoms with Gasteiger partial charge >= 0.3 is 0 Å². The lowest BCUT2D eigenvalue weighted by molar-refractivity contribution is 0.0964. The van der Waals surface area contributed by atoms with E-state index in [4.69, 9.17) is 9.84 Å². The summed E-state index contributed by atoms with van der Waals surface area (Å²) in [4.78, 5) is 11.7. The van der Waals surface area contributed by atoms with Crippen LogP contribution in [0.4, 0.5) is 4.39 Å². The molecule has 1 aromatic rings. The molecule has 4 heteroatoms. The maximum Gasteiger partial charge on any atom is 0.199 e. The first-order valence-electron chi connectivity index (χ1n) is 4.48. The van der Waals surface area contributed by atoms with E-state index in [1.165, 1.54) is 12.1 Å². The van der Waals surface area contributed by atoms with Crippen LogP contribution in [0, 0.1) is 5.82 Å². The van der Waals surface area contributed by atoms with Gasteiger partial charge in [-0.15, -0.1) is 0 Å². The summed E-state index contributed by atoms with van der Waals surface area (Å²) in [6.45, 7) is 1.65. The number of carbonyl (C=O) groups is 1. The first kappa shape index (κ1) is 9.71. The predicted molar refractivity (Wildman–Crippen MR) is 51.5 cm³/mol. The van der Waals surface area contributed by atoms with Crippen molar-refractivity contribution < 1.29 is 19.0 Å². The molecule has 0 saturated carbocycles. The zero-order valence-electron chi connectivity index (χ0n) is 8.03. The van der Waals surface area contributed by atoms with Gasteiger partial charge in [0.25, 0.3) is 0 Å². The van der Waals surface area contributed by atoms with Gasteiger partial charge in [0.2, 0.25) is 0 Å². The quantitative estimate of drug-likeness (QED) is 0.525. The minimum atomic E-state index is -0.513. The van der Waals surface area contributed by atoms with Gasteiger partial charge in [0.15, 0.2) is 5.78 Å². The highest BCUT2D eigenvalue weighted by Gasteiger charge is 2.29. The summed E-state index contributed by atoms with van der Waals surface area (Å²) in [7, 11) is 0. The molecule has 2 rings (SSSR count). The van der Waals surface area contributed by atoms with Crippen LogP contribution in [0.25, 0.3) is 0 Å². The molecule has 1 N–H and O–H groups in total. The standard InChI is InChI=1S/C11H9FO3/c1-6-9(5-13)11(14)8-4-7(12)2-3-10(8)15-6/h2-6,13H,1H3/b9-5+. The number of benzene rings is 1. The van der Waals surface area contributed by atoms with Gasteiger partial charge in [0, 0.05) is 0 Å². The number of ether oxygens (including phenoxy) is 1. The molecule has 0 radical (unpaired) electrons. The summed E-state index contributed by atoms with van der Waals surface area (Å²) < 4.78 is 18.3.